The number of halogens is 2. The highest BCUT2D eigenvalue weighted by molar-refractivity contribution is 7.19. The summed E-state index contributed by atoms with van der Waals surface area (Å²) in [5.74, 6) is -3.12. The summed E-state index contributed by atoms with van der Waals surface area (Å²) in [5, 5.41) is 9.17. The van der Waals surface area contributed by atoms with Gasteiger partial charge >= 0.3 is 5.97 Å². The van der Waals surface area contributed by atoms with Gasteiger partial charge in [-0.25, -0.2) is 18.6 Å². The number of hydrogen-bond acceptors (Lipinski definition) is 3. The molecule has 0 aliphatic rings. The molecule has 0 radical (unpaired) electrons. The van der Waals surface area contributed by atoms with Gasteiger partial charge in [-0.15, -0.1) is 0 Å². The Balaban J connectivity index is 2.32. The number of aromatic nitrogens is 2. The van der Waals surface area contributed by atoms with E-state index in [0.29, 0.717) is 16.2 Å². The van der Waals surface area contributed by atoms with Gasteiger partial charge < -0.3 is 5.11 Å². The van der Waals surface area contributed by atoms with E-state index < -0.39 is 17.6 Å². The van der Waals surface area contributed by atoms with Crippen molar-refractivity contribution in [1.82, 2.24) is 9.38 Å². The largest absolute Gasteiger partial charge is 0.477 e. The van der Waals surface area contributed by atoms with E-state index >= 15 is 0 Å². The fourth-order valence-electron chi connectivity index (χ4n) is 1.84. The quantitative estimate of drug-likeness (QED) is 0.785. The average Bonchev–Trinajstić information content (AvgIpc) is 2.92. The van der Waals surface area contributed by atoms with E-state index in [0.717, 1.165) is 23.5 Å². The minimum absolute atomic E-state index is 0.0362. The van der Waals surface area contributed by atoms with E-state index in [2.05, 4.69) is 4.98 Å². The van der Waals surface area contributed by atoms with Crippen LogP contribution in [0.25, 0.3) is 16.2 Å². The molecule has 0 aliphatic heterocycles. The normalized spacial score (nSPS) is 11.1. The molecule has 0 fully saturated rings. The van der Waals surface area contributed by atoms with Crippen molar-refractivity contribution in [3.05, 3.63) is 47.1 Å². The summed E-state index contributed by atoms with van der Waals surface area (Å²) in [5.41, 5.74) is 0.587. The highest BCUT2D eigenvalue weighted by Crippen LogP contribution is 2.32. The molecule has 0 aliphatic carbocycles. The molecule has 3 rings (SSSR count). The second-order valence-corrected chi connectivity index (χ2v) is 4.77. The Hall–Kier alpha value is -2.28. The van der Waals surface area contributed by atoms with Crippen molar-refractivity contribution < 1.29 is 18.7 Å². The molecule has 1 N–H and O–H groups in total. The molecule has 0 amide bonds. The Labute approximate surface area is 109 Å². The lowest BCUT2D eigenvalue weighted by Gasteiger charge is -2.03. The zero-order valence-corrected chi connectivity index (χ0v) is 10.1. The third-order valence-corrected chi connectivity index (χ3v) is 3.70. The number of carboxylic acid groups (broad SMARTS) is 1. The highest BCUT2D eigenvalue weighted by Gasteiger charge is 2.20. The van der Waals surface area contributed by atoms with Gasteiger partial charge in [-0.1, -0.05) is 11.3 Å². The zero-order chi connectivity index (χ0) is 13.6. The van der Waals surface area contributed by atoms with Crippen LogP contribution in [0, 0.1) is 11.6 Å². The average molecular weight is 280 g/mol. The summed E-state index contributed by atoms with van der Waals surface area (Å²) in [7, 11) is 0. The predicted octanol–water partition coefficient (Wildman–Crippen LogP) is 3.04. The van der Waals surface area contributed by atoms with Crippen LogP contribution in [0.4, 0.5) is 8.78 Å². The maximum Gasteiger partial charge on any atom is 0.348 e. The standard InChI is InChI=1S/C12H6F2N2O2S/c13-7-2-1-6(5-8(7)14)9-10(11(17)18)19-12-15-3-4-16(9)12/h1-5H,(H,17,18). The van der Waals surface area contributed by atoms with E-state index in [-0.39, 0.29) is 4.88 Å². The first-order valence-corrected chi connectivity index (χ1v) is 6.04. The number of fused-ring (bicyclic) bond motifs is 1. The van der Waals surface area contributed by atoms with E-state index in [9.17, 15) is 18.7 Å². The van der Waals surface area contributed by atoms with Crippen molar-refractivity contribution in [3.63, 3.8) is 0 Å². The third kappa shape index (κ3) is 1.78. The second kappa shape index (κ2) is 4.13. The molecular formula is C12H6F2N2O2S. The molecule has 0 bridgehead atoms. The second-order valence-electron chi connectivity index (χ2n) is 3.79. The number of rotatable bonds is 2. The molecule has 1 aromatic carbocycles. The molecule has 7 heteroatoms. The van der Waals surface area contributed by atoms with Gasteiger partial charge in [0.25, 0.3) is 0 Å². The van der Waals surface area contributed by atoms with E-state index in [1.165, 1.54) is 12.3 Å². The number of imidazole rings is 1. The first-order valence-electron chi connectivity index (χ1n) is 5.22. The molecule has 0 atom stereocenters. The number of carboxylic acids is 1. The summed E-state index contributed by atoms with van der Waals surface area (Å²) in [6.07, 6.45) is 3.09. The van der Waals surface area contributed by atoms with Gasteiger partial charge in [0.1, 0.15) is 4.88 Å². The van der Waals surface area contributed by atoms with Crippen LogP contribution in [0.3, 0.4) is 0 Å². The maximum absolute atomic E-state index is 13.3. The third-order valence-electron chi connectivity index (χ3n) is 2.64. The number of aromatic carboxylic acids is 1. The van der Waals surface area contributed by atoms with Gasteiger partial charge in [-0.3, -0.25) is 4.40 Å². The highest BCUT2D eigenvalue weighted by atomic mass is 32.1. The predicted molar refractivity (Wildman–Crippen MR) is 65.4 cm³/mol. The van der Waals surface area contributed by atoms with Gasteiger partial charge in [-0.2, -0.15) is 0 Å². The molecule has 96 valence electrons. The Morgan fingerprint density at radius 3 is 2.79 bits per heavy atom. The van der Waals surface area contributed by atoms with Crippen LogP contribution in [-0.4, -0.2) is 20.5 Å². The van der Waals surface area contributed by atoms with Crippen LogP contribution in [0.15, 0.2) is 30.6 Å². The smallest absolute Gasteiger partial charge is 0.348 e. The summed E-state index contributed by atoms with van der Waals surface area (Å²) in [6.45, 7) is 0. The lowest BCUT2D eigenvalue weighted by Crippen LogP contribution is -1.98. The van der Waals surface area contributed by atoms with Crippen LogP contribution in [-0.2, 0) is 0 Å². The number of carbonyl (C=O) groups is 1. The molecule has 0 saturated heterocycles. The number of nitrogens with zero attached hydrogens (tertiary/aromatic N) is 2. The van der Waals surface area contributed by atoms with Crippen LogP contribution in [0.2, 0.25) is 0 Å². The van der Waals surface area contributed by atoms with Crippen molar-refractivity contribution in [1.29, 1.82) is 0 Å². The van der Waals surface area contributed by atoms with E-state index in [1.54, 1.807) is 10.6 Å². The van der Waals surface area contributed by atoms with Crippen molar-refractivity contribution in [3.8, 4) is 11.3 Å². The molecule has 3 aromatic rings. The summed E-state index contributed by atoms with van der Waals surface area (Å²) in [4.78, 5) is 15.7. The summed E-state index contributed by atoms with van der Waals surface area (Å²) < 4.78 is 27.8. The minimum Gasteiger partial charge on any atom is -0.477 e. The first-order chi connectivity index (χ1) is 9.08. The fraction of sp³-hybridized carbons (Fsp3) is 0. The number of thiazole rings is 1. The van der Waals surface area contributed by atoms with Gasteiger partial charge in [-0.05, 0) is 18.2 Å². The molecule has 0 spiro atoms. The lowest BCUT2D eigenvalue weighted by molar-refractivity contribution is 0.0702. The molecule has 19 heavy (non-hydrogen) atoms. The van der Waals surface area contributed by atoms with Crippen LogP contribution in [0.1, 0.15) is 9.67 Å². The van der Waals surface area contributed by atoms with E-state index in [1.807, 2.05) is 0 Å². The Kier molecular flexibility index (Phi) is 2.56. The van der Waals surface area contributed by atoms with Gasteiger partial charge in [0.15, 0.2) is 16.6 Å². The fourth-order valence-corrected chi connectivity index (χ4v) is 2.79. The Morgan fingerprint density at radius 2 is 2.11 bits per heavy atom. The minimum atomic E-state index is -1.13. The zero-order valence-electron chi connectivity index (χ0n) is 9.30. The van der Waals surface area contributed by atoms with Crippen LogP contribution >= 0.6 is 11.3 Å². The number of hydrogen-bond donors (Lipinski definition) is 1. The van der Waals surface area contributed by atoms with Crippen molar-refractivity contribution in [2.75, 3.05) is 0 Å². The lowest BCUT2D eigenvalue weighted by atomic mass is 10.1. The van der Waals surface area contributed by atoms with E-state index in [4.69, 9.17) is 0 Å². The van der Waals surface area contributed by atoms with Gasteiger partial charge in [0.05, 0.1) is 5.69 Å². The molecule has 0 saturated carbocycles. The number of benzene rings is 1. The molecule has 2 heterocycles. The van der Waals surface area contributed by atoms with Gasteiger partial charge in [0, 0.05) is 18.0 Å². The van der Waals surface area contributed by atoms with Crippen molar-refractivity contribution in [2.24, 2.45) is 0 Å². The summed E-state index contributed by atoms with van der Waals surface area (Å²) in [6, 6.07) is 3.28. The Morgan fingerprint density at radius 1 is 1.32 bits per heavy atom. The molecular weight excluding hydrogens is 274 g/mol. The van der Waals surface area contributed by atoms with Crippen LogP contribution in [0.5, 0.6) is 0 Å². The molecule has 2 aromatic heterocycles. The van der Waals surface area contributed by atoms with Crippen molar-refractivity contribution in [2.45, 2.75) is 0 Å². The first kappa shape index (κ1) is 11.8. The van der Waals surface area contributed by atoms with Crippen LogP contribution < -0.4 is 0 Å². The topological polar surface area (TPSA) is 54.6 Å². The Bertz CT molecular complexity index is 794. The molecule has 4 nitrogen and oxygen atoms in total. The van der Waals surface area contributed by atoms with Gasteiger partial charge in [0.2, 0.25) is 0 Å². The molecule has 0 unspecified atom stereocenters. The SMILES string of the molecule is O=C(O)c1sc2nccn2c1-c1ccc(F)c(F)c1. The monoisotopic (exact) mass is 280 g/mol. The summed E-state index contributed by atoms with van der Waals surface area (Å²) >= 11 is 0.980. The maximum atomic E-state index is 13.3. The van der Waals surface area contributed by atoms with Crippen molar-refractivity contribution >= 4 is 22.3 Å².